The van der Waals surface area contributed by atoms with Gasteiger partial charge in [0, 0.05) is 28.9 Å². The lowest BCUT2D eigenvalue weighted by molar-refractivity contribution is 0.0521. The van der Waals surface area contributed by atoms with Crippen LogP contribution in [0.15, 0.2) is 6.33 Å². The molecular formula is C11H19N3O3S. The van der Waals surface area contributed by atoms with Crippen LogP contribution in [-0.4, -0.2) is 38.3 Å². The summed E-state index contributed by atoms with van der Waals surface area (Å²) < 4.78 is 17.6. The van der Waals surface area contributed by atoms with Gasteiger partial charge in [0.05, 0.1) is 12.9 Å². The standard InChI is InChI=1S/C11H19N3O3S/c1-4-17-11(15)9-10(12)14(7-13-9)8(2)5-6-18(3)16/h7-8H,4-6,12H2,1-3H3. The number of carbonyl (C=O) groups is 1. The Hall–Kier alpha value is -1.37. The van der Waals surface area contributed by atoms with E-state index in [9.17, 15) is 9.00 Å². The lowest BCUT2D eigenvalue weighted by atomic mass is 10.2. The van der Waals surface area contributed by atoms with Crippen LogP contribution in [-0.2, 0) is 15.5 Å². The average Bonchev–Trinajstić information content (AvgIpc) is 2.68. The molecule has 1 aromatic rings. The highest BCUT2D eigenvalue weighted by Crippen LogP contribution is 2.19. The minimum atomic E-state index is -0.838. The third-order valence-corrected chi connectivity index (χ3v) is 3.41. The summed E-state index contributed by atoms with van der Waals surface area (Å²) >= 11 is 0. The molecule has 0 fully saturated rings. The van der Waals surface area contributed by atoms with Gasteiger partial charge in [-0.25, -0.2) is 9.78 Å². The minimum absolute atomic E-state index is 0.0459. The van der Waals surface area contributed by atoms with Gasteiger partial charge in [-0.3, -0.25) is 4.21 Å². The van der Waals surface area contributed by atoms with Gasteiger partial charge >= 0.3 is 5.97 Å². The smallest absolute Gasteiger partial charge is 0.360 e. The fourth-order valence-electron chi connectivity index (χ4n) is 1.55. The fourth-order valence-corrected chi connectivity index (χ4v) is 2.23. The molecule has 0 aliphatic heterocycles. The van der Waals surface area contributed by atoms with Crippen LogP contribution in [0, 0.1) is 0 Å². The average molecular weight is 273 g/mol. The maximum Gasteiger partial charge on any atom is 0.360 e. The number of nitrogens with two attached hydrogens (primary N) is 1. The van der Waals surface area contributed by atoms with Gasteiger partial charge in [-0.1, -0.05) is 0 Å². The summed E-state index contributed by atoms with van der Waals surface area (Å²) in [6.45, 7) is 3.96. The topological polar surface area (TPSA) is 87.2 Å². The summed E-state index contributed by atoms with van der Waals surface area (Å²) in [7, 11) is -0.838. The molecule has 2 atom stereocenters. The lowest BCUT2D eigenvalue weighted by Crippen LogP contribution is -2.13. The van der Waals surface area contributed by atoms with Crippen molar-refractivity contribution in [3.05, 3.63) is 12.0 Å². The summed E-state index contributed by atoms with van der Waals surface area (Å²) in [6, 6.07) is 0.0459. The van der Waals surface area contributed by atoms with Gasteiger partial charge in [0.25, 0.3) is 0 Å². The van der Waals surface area contributed by atoms with E-state index in [1.165, 1.54) is 6.33 Å². The van der Waals surface area contributed by atoms with E-state index >= 15 is 0 Å². The first-order valence-electron chi connectivity index (χ1n) is 5.76. The first-order chi connectivity index (χ1) is 8.47. The summed E-state index contributed by atoms with van der Waals surface area (Å²) in [4.78, 5) is 15.5. The van der Waals surface area contributed by atoms with Crippen molar-refractivity contribution in [3.63, 3.8) is 0 Å². The molecular weight excluding hydrogens is 254 g/mol. The van der Waals surface area contributed by atoms with Crippen molar-refractivity contribution in [2.24, 2.45) is 0 Å². The maximum atomic E-state index is 11.5. The van der Waals surface area contributed by atoms with E-state index < -0.39 is 16.8 Å². The Morgan fingerprint density at radius 2 is 2.33 bits per heavy atom. The van der Waals surface area contributed by atoms with Crippen LogP contribution in [0.25, 0.3) is 0 Å². The Balaban J connectivity index is 2.79. The van der Waals surface area contributed by atoms with Gasteiger partial charge in [0.2, 0.25) is 0 Å². The van der Waals surface area contributed by atoms with Crippen molar-refractivity contribution in [2.75, 3.05) is 24.3 Å². The van der Waals surface area contributed by atoms with Gasteiger partial charge < -0.3 is 15.0 Å². The zero-order chi connectivity index (χ0) is 13.7. The first kappa shape index (κ1) is 14.7. The molecule has 1 heterocycles. The van der Waals surface area contributed by atoms with Crippen molar-refractivity contribution in [3.8, 4) is 0 Å². The summed E-state index contributed by atoms with van der Waals surface area (Å²) in [6.07, 6.45) is 3.89. The number of aromatic nitrogens is 2. The maximum absolute atomic E-state index is 11.5. The lowest BCUT2D eigenvalue weighted by Gasteiger charge is -2.14. The molecule has 6 nitrogen and oxygen atoms in total. The van der Waals surface area contributed by atoms with Crippen LogP contribution in [0.4, 0.5) is 5.82 Å². The monoisotopic (exact) mass is 273 g/mol. The van der Waals surface area contributed by atoms with Crippen LogP contribution < -0.4 is 5.73 Å². The van der Waals surface area contributed by atoms with Gasteiger partial charge in [-0.15, -0.1) is 0 Å². The number of esters is 1. The normalized spacial score (nSPS) is 14.2. The Morgan fingerprint density at radius 1 is 1.67 bits per heavy atom. The van der Waals surface area contributed by atoms with E-state index in [0.717, 1.165) is 0 Å². The molecule has 0 radical (unpaired) electrons. The van der Waals surface area contributed by atoms with Crippen molar-refractivity contribution in [1.29, 1.82) is 0 Å². The molecule has 7 heteroatoms. The number of hydrogen-bond donors (Lipinski definition) is 1. The number of hydrogen-bond acceptors (Lipinski definition) is 5. The Morgan fingerprint density at radius 3 is 2.89 bits per heavy atom. The molecule has 0 spiro atoms. The third kappa shape index (κ3) is 3.56. The zero-order valence-electron chi connectivity index (χ0n) is 10.9. The molecule has 0 bridgehead atoms. The summed E-state index contributed by atoms with van der Waals surface area (Å²) in [5, 5.41) is 0. The number of anilines is 1. The van der Waals surface area contributed by atoms with Crippen molar-refractivity contribution < 1.29 is 13.7 Å². The molecule has 0 saturated carbocycles. The van der Waals surface area contributed by atoms with Crippen LogP contribution in [0.3, 0.4) is 0 Å². The molecule has 18 heavy (non-hydrogen) atoms. The fraction of sp³-hybridized carbons (Fsp3) is 0.636. The molecule has 0 saturated heterocycles. The molecule has 0 aliphatic carbocycles. The molecule has 0 amide bonds. The number of nitrogen functional groups attached to an aromatic ring is 1. The quantitative estimate of drug-likeness (QED) is 0.780. The van der Waals surface area contributed by atoms with Crippen LogP contribution in [0.1, 0.15) is 36.8 Å². The highest BCUT2D eigenvalue weighted by Gasteiger charge is 2.19. The first-order valence-corrected chi connectivity index (χ1v) is 7.49. The number of imidazole rings is 1. The zero-order valence-corrected chi connectivity index (χ0v) is 11.7. The number of rotatable bonds is 6. The Bertz CT molecular complexity index is 445. The predicted octanol–water partition coefficient (Wildman–Crippen LogP) is 0.972. The SMILES string of the molecule is CCOC(=O)c1ncn(C(C)CCS(C)=O)c1N. The predicted molar refractivity (Wildman–Crippen MR) is 70.9 cm³/mol. The molecule has 0 aliphatic rings. The van der Waals surface area contributed by atoms with E-state index in [-0.39, 0.29) is 18.3 Å². The third-order valence-electron chi connectivity index (χ3n) is 2.60. The molecule has 1 aromatic heterocycles. The number of carbonyl (C=O) groups excluding carboxylic acids is 1. The Labute approximate surface area is 109 Å². The van der Waals surface area contributed by atoms with E-state index in [1.807, 2.05) is 6.92 Å². The Kier molecular flexibility index (Phi) is 5.33. The molecule has 1 rings (SSSR count). The van der Waals surface area contributed by atoms with E-state index in [0.29, 0.717) is 18.0 Å². The molecule has 102 valence electrons. The second kappa shape index (κ2) is 6.53. The van der Waals surface area contributed by atoms with Crippen LogP contribution >= 0.6 is 0 Å². The second-order valence-electron chi connectivity index (χ2n) is 4.02. The van der Waals surface area contributed by atoms with Crippen molar-refractivity contribution in [1.82, 2.24) is 9.55 Å². The van der Waals surface area contributed by atoms with Crippen molar-refractivity contribution >= 4 is 22.6 Å². The van der Waals surface area contributed by atoms with Gasteiger partial charge in [0.15, 0.2) is 5.69 Å². The number of nitrogens with zero attached hydrogens (tertiary/aromatic N) is 2. The van der Waals surface area contributed by atoms with Gasteiger partial charge in [0.1, 0.15) is 5.82 Å². The summed E-state index contributed by atoms with van der Waals surface area (Å²) in [5.74, 6) is 0.371. The summed E-state index contributed by atoms with van der Waals surface area (Å²) in [5.41, 5.74) is 6.01. The van der Waals surface area contributed by atoms with Crippen LogP contribution in [0.5, 0.6) is 0 Å². The van der Waals surface area contributed by atoms with Gasteiger partial charge in [-0.2, -0.15) is 0 Å². The second-order valence-corrected chi connectivity index (χ2v) is 5.58. The van der Waals surface area contributed by atoms with E-state index in [4.69, 9.17) is 10.5 Å². The largest absolute Gasteiger partial charge is 0.461 e. The minimum Gasteiger partial charge on any atom is -0.461 e. The van der Waals surface area contributed by atoms with Gasteiger partial charge in [-0.05, 0) is 20.3 Å². The van der Waals surface area contributed by atoms with E-state index in [1.54, 1.807) is 17.7 Å². The highest BCUT2D eigenvalue weighted by molar-refractivity contribution is 7.84. The molecule has 0 aromatic carbocycles. The molecule has 2 N–H and O–H groups in total. The van der Waals surface area contributed by atoms with Crippen LogP contribution in [0.2, 0.25) is 0 Å². The number of ether oxygens (including phenoxy) is 1. The molecule has 2 unspecified atom stereocenters. The highest BCUT2D eigenvalue weighted by atomic mass is 32.2. The van der Waals surface area contributed by atoms with E-state index in [2.05, 4.69) is 4.98 Å². The van der Waals surface area contributed by atoms with Crippen molar-refractivity contribution in [2.45, 2.75) is 26.3 Å².